The molecule has 0 heterocycles. The minimum absolute atomic E-state index is 0.0748. The normalized spacial score (nSPS) is 16.2. The number of allylic oxidation sites excluding steroid dienone is 1. The molecule has 4 heteroatoms. The first-order valence-corrected chi connectivity index (χ1v) is 7.51. The van der Waals surface area contributed by atoms with Gasteiger partial charge in [-0.1, -0.05) is 17.5 Å². The SMILES string of the molecule is C=ICN[N+](C)(C/C=C\CC)NC. The molecule has 0 aliphatic heterocycles. The van der Waals surface area contributed by atoms with Gasteiger partial charge in [0.1, 0.15) is 13.6 Å². The first-order valence-electron chi connectivity index (χ1n) is 4.46. The number of halogens is 1. The molecular formula is C9H21IN3+. The molecule has 78 valence electrons. The molecule has 0 aromatic heterocycles. The Morgan fingerprint density at radius 2 is 2.15 bits per heavy atom. The van der Waals surface area contributed by atoms with E-state index in [9.17, 15) is 0 Å². The van der Waals surface area contributed by atoms with E-state index in [0.29, 0.717) is 4.70 Å². The maximum Gasteiger partial charge on any atom is 0.133 e. The van der Waals surface area contributed by atoms with Crippen molar-refractivity contribution < 1.29 is 4.70 Å². The molecule has 3 nitrogen and oxygen atoms in total. The minimum Gasteiger partial charge on any atom is -0.170 e. The van der Waals surface area contributed by atoms with Crippen LogP contribution >= 0.6 is 20.7 Å². The molecule has 0 aliphatic rings. The Morgan fingerprint density at radius 1 is 1.46 bits per heavy atom. The summed E-state index contributed by atoms with van der Waals surface area (Å²) in [6, 6.07) is 0. The van der Waals surface area contributed by atoms with Crippen LogP contribution in [-0.4, -0.2) is 34.4 Å². The maximum atomic E-state index is 3.91. The van der Waals surface area contributed by atoms with E-state index in [1.165, 1.54) is 0 Å². The van der Waals surface area contributed by atoms with Crippen molar-refractivity contribution in [3.8, 4) is 0 Å². The van der Waals surface area contributed by atoms with Crippen molar-refractivity contribution >= 4 is 25.2 Å². The molecule has 2 N–H and O–H groups in total. The number of quaternary nitrogens is 1. The largest absolute Gasteiger partial charge is 0.170 e. The first kappa shape index (κ1) is 13.2. The van der Waals surface area contributed by atoms with Gasteiger partial charge >= 0.3 is 0 Å². The fraction of sp³-hybridized carbons (Fsp3) is 0.667. The Hall–Kier alpha value is 0.220. The van der Waals surface area contributed by atoms with E-state index in [-0.39, 0.29) is 20.7 Å². The molecule has 0 aromatic carbocycles. The van der Waals surface area contributed by atoms with Crippen molar-refractivity contribution in [3.05, 3.63) is 12.2 Å². The fourth-order valence-corrected chi connectivity index (χ4v) is 1.86. The highest BCUT2D eigenvalue weighted by Gasteiger charge is 2.15. The number of hydrogen-bond acceptors (Lipinski definition) is 2. The second-order valence-corrected chi connectivity index (χ2v) is 4.80. The van der Waals surface area contributed by atoms with Gasteiger partial charge in [-0.25, -0.2) is 0 Å². The van der Waals surface area contributed by atoms with E-state index in [0.717, 1.165) is 17.5 Å². The quantitative estimate of drug-likeness (QED) is 0.185. The molecule has 0 amide bonds. The smallest absolute Gasteiger partial charge is 0.133 e. The summed E-state index contributed by atoms with van der Waals surface area (Å²) in [5, 5.41) is 0. The Balaban J connectivity index is 3.94. The van der Waals surface area contributed by atoms with E-state index in [2.05, 4.69) is 41.5 Å². The predicted octanol–water partition coefficient (Wildman–Crippen LogP) is 1.40. The number of nitrogens with one attached hydrogen (secondary N) is 2. The van der Waals surface area contributed by atoms with Crippen molar-refractivity contribution in [2.24, 2.45) is 0 Å². The summed E-state index contributed by atoms with van der Waals surface area (Å²) in [6.45, 7) is 3.11. The summed E-state index contributed by atoms with van der Waals surface area (Å²) < 4.78 is 5.64. The van der Waals surface area contributed by atoms with Crippen LogP contribution in [0.1, 0.15) is 13.3 Å². The maximum absolute atomic E-state index is 3.91. The van der Waals surface area contributed by atoms with Crippen LogP contribution in [0.25, 0.3) is 0 Å². The van der Waals surface area contributed by atoms with Crippen molar-refractivity contribution in [1.82, 2.24) is 10.9 Å². The lowest BCUT2D eigenvalue weighted by Crippen LogP contribution is -2.62. The zero-order chi connectivity index (χ0) is 10.2. The predicted molar refractivity (Wildman–Crippen MR) is 68.7 cm³/mol. The van der Waals surface area contributed by atoms with Crippen LogP contribution < -0.4 is 10.9 Å². The van der Waals surface area contributed by atoms with Crippen molar-refractivity contribution in [3.63, 3.8) is 0 Å². The van der Waals surface area contributed by atoms with Gasteiger partial charge in [0.25, 0.3) is 0 Å². The third-order valence-corrected chi connectivity index (χ3v) is 2.75. The summed E-state index contributed by atoms with van der Waals surface area (Å²) in [5.41, 5.74) is 6.65. The van der Waals surface area contributed by atoms with Crippen LogP contribution in [0.15, 0.2) is 12.2 Å². The monoisotopic (exact) mass is 298 g/mol. The van der Waals surface area contributed by atoms with Crippen LogP contribution in [0.3, 0.4) is 0 Å². The van der Waals surface area contributed by atoms with Crippen molar-refractivity contribution in [2.75, 3.05) is 25.2 Å². The number of likely N-dealkylation sites (N-methyl/N-ethyl adjacent to an activating group) is 1. The van der Waals surface area contributed by atoms with Gasteiger partial charge in [0.05, 0.1) is 4.55 Å². The zero-order valence-electron chi connectivity index (χ0n) is 8.81. The van der Waals surface area contributed by atoms with Crippen LogP contribution in [0.4, 0.5) is 0 Å². The highest BCUT2D eigenvalue weighted by molar-refractivity contribution is 14.2. The molecule has 0 fully saturated rings. The van der Waals surface area contributed by atoms with Gasteiger partial charge in [0.2, 0.25) is 0 Å². The summed E-state index contributed by atoms with van der Waals surface area (Å²) in [6.07, 6.45) is 5.49. The van der Waals surface area contributed by atoms with Crippen LogP contribution in [0, 0.1) is 0 Å². The molecule has 0 saturated carbocycles. The lowest BCUT2D eigenvalue weighted by Gasteiger charge is -2.30. The second kappa shape index (κ2) is 7.61. The van der Waals surface area contributed by atoms with E-state index < -0.39 is 0 Å². The number of nitrogens with zero attached hydrogens (tertiary/aromatic N) is 1. The van der Waals surface area contributed by atoms with Crippen LogP contribution in [0.5, 0.6) is 0 Å². The van der Waals surface area contributed by atoms with Crippen molar-refractivity contribution in [1.29, 1.82) is 0 Å². The van der Waals surface area contributed by atoms with Gasteiger partial charge in [-0.15, -0.1) is 26.2 Å². The number of rotatable bonds is 7. The molecule has 0 saturated heterocycles. The van der Waals surface area contributed by atoms with E-state index >= 15 is 0 Å². The van der Waals surface area contributed by atoms with Gasteiger partial charge in [-0.2, -0.15) is 10.1 Å². The minimum atomic E-state index is 0.0748. The highest BCUT2D eigenvalue weighted by Crippen LogP contribution is 1.95. The Bertz CT molecular complexity index is 170. The molecule has 0 bridgehead atoms. The molecule has 0 radical (unpaired) electrons. The van der Waals surface area contributed by atoms with Crippen LogP contribution in [0.2, 0.25) is 0 Å². The molecule has 13 heavy (non-hydrogen) atoms. The molecule has 1 unspecified atom stereocenters. The van der Waals surface area contributed by atoms with Gasteiger partial charge in [0.15, 0.2) is 0 Å². The topological polar surface area (TPSA) is 24.1 Å². The van der Waals surface area contributed by atoms with Crippen molar-refractivity contribution in [2.45, 2.75) is 13.3 Å². The average Bonchev–Trinajstić information content (AvgIpc) is 2.15. The first-order chi connectivity index (χ1) is 6.18. The lowest BCUT2D eigenvalue weighted by atomic mass is 10.4. The fourth-order valence-electron chi connectivity index (χ4n) is 0.861. The Labute approximate surface area is 91.5 Å². The summed E-state index contributed by atoms with van der Waals surface area (Å²) >= 11 is 0.0748. The molecular weight excluding hydrogens is 277 g/mol. The summed E-state index contributed by atoms with van der Waals surface area (Å²) in [7, 11) is 4.09. The molecule has 0 aliphatic carbocycles. The zero-order valence-corrected chi connectivity index (χ0v) is 11.0. The van der Waals surface area contributed by atoms with Gasteiger partial charge in [-0.3, -0.25) is 0 Å². The lowest BCUT2D eigenvalue weighted by molar-refractivity contribution is -0.984. The number of hydrogen-bond donors (Lipinski definition) is 2. The average molecular weight is 298 g/mol. The standard InChI is InChI=1S/C9H21IN3/c1-5-6-7-8-13(4,11-3)12-9-10-2/h6-7,11-12H,2,5,8-9H2,1,3-4H3/q+1/b7-6-. The summed E-state index contributed by atoms with van der Waals surface area (Å²) in [5.74, 6) is 0. The van der Waals surface area contributed by atoms with Gasteiger partial charge in [0, 0.05) is 7.05 Å². The molecule has 0 aromatic rings. The molecule has 1 atom stereocenters. The van der Waals surface area contributed by atoms with E-state index in [4.69, 9.17) is 0 Å². The number of alkyl halides is 1. The Kier molecular flexibility index (Phi) is 7.74. The third-order valence-electron chi connectivity index (χ3n) is 1.87. The van der Waals surface area contributed by atoms with E-state index in [1.54, 1.807) is 0 Å². The van der Waals surface area contributed by atoms with Gasteiger partial charge < -0.3 is 0 Å². The van der Waals surface area contributed by atoms with Crippen LogP contribution in [-0.2, 0) is 0 Å². The summed E-state index contributed by atoms with van der Waals surface area (Å²) in [4.78, 5) is 0. The van der Waals surface area contributed by atoms with Gasteiger partial charge in [-0.05, 0) is 12.5 Å². The highest BCUT2D eigenvalue weighted by atomic mass is 127. The molecule has 0 rings (SSSR count). The third kappa shape index (κ3) is 6.31. The van der Waals surface area contributed by atoms with E-state index in [1.807, 2.05) is 7.05 Å². The second-order valence-electron chi connectivity index (χ2n) is 2.96. The molecule has 0 spiro atoms. The Morgan fingerprint density at radius 3 is 2.62 bits per heavy atom.